The third-order valence-corrected chi connectivity index (χ3v) is 6.44. The molecule has 3 aliphatic rings. The maximum absolute atomic E-state index is 13.0. The number of carbonyl (C=O) groups excluding carboxylic acids is 4. The SMILES string of the molecule is O=C1CCC(N2C(=O)c3ccc(CNc4ccc(OC5CCNCC5)cc4)cc3C2=O)C(=O)N1. The van der Waals surface area contributed by atoms with Gasteiger partial charge in [-0.05, 0) is 74.3 Å². The van der Waals surface area contributed by atoms with Gasteiger partial charge in [0.1, 0.15) is 17.9 Å². The molecule has 0 saturated carbocycles. The molecule has 0 spiro atoms. The molecule has 2 aromatic rings. The Hall–Kier alpha value is -3.72. The molecule has 1 atom stereocenters. The average molecular weight is 463 g/mol. The Morgan fingerprint density at radius 2 is 1.65 bits per heavy atom. The highest BCUT2D eigenvalue weighted by Crippen LogP contribution is 2.28. The number of anilines is 1. The second-order valence-corrected chi connectivity index (χ2v) is 8.77. The van der Waals surface area contributed by atoms with Crippen molar-refractivity contribution < 1.29 is 23.9 Å². The van der Waals surface area contributed by atoms with Crippen molar-refractivity contribution >= 4 is 29.3 Å². The molecule has 2 aromatic carbocycles. The number of hydrogen-bond acceptors (Lipinski definition) is 7. The Kier molecular flexibility index (Phi) is 6.02. The summed E-state index contributed by atoms with van der Waals surface area (Å²) >= 11 is 0. The van der Waals surface area contributed by atoms with Gasteiger partial charge in [0, 0.05) is 18.7 Å². The molecule has 4 amide bonds. The van der Waals surface area contributed by atoms with E-state index in [2.05, 4.69) is 16.0 Å². The van der Waals surface area contributed by atoms with Crippen molar-refractivity contribution in [1.82, 2.24) is 15.5 Å². The summed E-state index contributed by atoms with van der Waals surface area (Å²) in [5.41, 5.74) is 2.29. The van der Waals surface area contributed by atoms with Crippen LogP contribution in [-0.4, -0.2) is 53.8 Å². The number of fused-ring (bicyclic) bond motifs is 1. The van der Waals surface area contributed by atoms with Gasteiger partial charge in [0.05, 0.1) is 11.1 Å². The van der Waals surface area contributed by atoms with Crippen molar-refractivity contribution in [2.24, 2.45) is 0 Å². The highest BCUT2D eigenvalue weighted by atomic mass is 16.5. The van der Waals surface area contributed by atoms with E-state index in [0.29, 0.717) is 6.54 Å². The number of nitrogens with one attached hydrogen (secondary N) is 3. The molecule has 0 radical (unpaired) electrons. The molecule has 9 nitrogen and oxygen atoms in total. The van der Waals surface area contributed by atoms with E-state index in [1.165, 1.54) is 0 Å². The molecule has 5 rings (SSSR count). The van der Waals surface area contributed by atoms with Crippen LogP contribution in [0.3, 0.4) is 0 Å². The van der Waals surface area contributed by atoms with Crippen LogP contribution in [0.1, 0.15) is 52.0 Å². The average Bonchev–Trinajstić information content (AvgIpc) is 3.09. The summed E-state index contributed by atoms with van der Waals surface area (Å²) in [5.74, 6) is -1.17. The number of imide groups is 2. The third-order valence-electron chi connectivity index (χ3n) is 6.44. The molecule has 2 fully saturated rings. The van der Waals surface area contributed by atoms with Crippen molar-refractivity contribution in [1.29, 1.82) is 0 Å². The lowest BCUT2D eigenvalue weighted by molar-refractivity contribution is -0.136. The second kappa shape index (κ2) is 9.26. The fourth-order valence-electron chi connectivity index (χ4n) is 4.59. The van der Waals surface area contributed by atoms with E-state index < -0.39 is 29.7 Å². The quantitative estimate of drug-likeness (QED) is 0.561. The van der Waals surface area contributed by atoms with Gasteiger partial charge in [0.15, 0.2) is 0 Å². The van der Waals surface area contributed by atoms with Crippen molar-refractivity contribution in [3.05, 3.63) is 59.2 Å². The van der Waals surface area contributed by atoms with Crippen LogP contribution < -0.4 is 20.7 Å². The standard InChI is InChI=1S/C25H26N4O5/c30-22-8-7-21(23(31)28-22)29-24(32)19-6-1-15(13-20(19)25(29)33)14-27-16-2-4-17(5-3-16)34-18-9-11-26-12-10-18/h1-6,13,18,21,26-27H,7-12,14H2,(H,28,30,31). The summed E-state index contributed by atoms with van der Waals surface area (Å²) in [4.78, 5) is 50.4. The molecule has 0 bridgehead atoms. The van der Waals surface area contributed by atoms with Gasteiger partial charge in [-0.2, -0.15) is 0 Å². The number of carbonyl (C=O) groups is 4. The van der Waals surface area contributed by atoms with Gasteiger partial charge in [-0.25, -0.2) is 0 Å². The Balaban J connectivity index is 1.22. The summed E-state index contributed by atoms with van der Waals surface area (Å²) in [5, 5.41) is 8.85. The molecule has 34 heavy (non-hydrogen) atoms. The Morgan fingerprint density at radius 1 is 0.912 bits per heavy atom. The Morgan fingerprint density at radius 3 is 2.38 bits per heavy atom. The number of nitrogens with zero attached hydrogens (tertiary/aromatic N) is 1. The zero-order valence-corrected chi connectivity index (χ0v) is 18.6. The topological polar surface area (TPSA) is 117 Å². The van der Waals surface area contributed by atoms with Gasteiger partial charge < -0.3 is 15.4 Å². The number of piperidine rings is 2. The van der Waals surface area contributed by atoms with E-state index in [1.807, 2.05) is 24.3 Å². The molecular formula is C25H26N4O5. The molecule has 3 heterocycles. The summed E-state index contributed by atoms with van der Waals surface area (Å²) in [6, 6.07) is 11.9. The number of rotatable bonds is 6. The van der Waals surface area contributed by atoms with Gasteiger partial charge >= 0.3 is 0 Å². The van der Waals surface area contributed by atoms with Crippen LogP contribution in [0.4, 0.5) is 5.69 Å². The van der Waals surface area contributed by atoms with E-state index >= 15 is 0 Å². The highest BCUT2D eigenvalue weighted by molar-refractivity contribution is 6.23. The second-order valence-electron chi connectivity index (χ2n) is 8.77. The van der Waals surface area contributed by atoms with E-state index in [0.717, 1.165) is 47.8 Å². The smallest absolute Gasteiger partial charge is 0.262 e. The van der Waals surface area contributed by atoms with Crippen LogP contribution in [0.5, 0.6) is 5.75 Å². The molecule has 176 valence electrons. The Bertz CT molecular complexity index is 1140. The highest BCUT2D eigenvalue weighted by Gasteiger charge is 2.44. The van der Waals surface area contributed by atoms with E-state index in [-0.39, 0.29) is 30.1 Å². The molecule has 3 N–H and O–H groups in total. The minimum atomic E-state index is -0.961. The van der Waals surface area contributed by atoms with E-state index in [4.69, 9.17) is 4.74 Å². The lowest BCUT2D eigenvalue weighted by atomic mass is 10.0. The first-order valence-corrected chi connectivity index (χ1v) is 11.6. The number of amides is 4. The molecular weight excluding hydrogens is 436 g/mol. The van der Waals surface area contributed by atoms with Crippen molar-refractivity contribution in [3.8, 4) is 5.75 Å². The minimum Gasteiger partial charge on any atom is -0.490 e. The predicted molar refractivity (Wildman–Crippen MR) is 123 cm³/mol. The normalized spacial score (nSPS) is 20.8. The van der Waals surface area contributed by atoms with Crippen LogP contribution >= 0.6 is 0 Å². The van der Waals surface area contributed by atoms with Crippen LogP contribution in [-0.2, 0) is 16.1 Å². The van der Waals surface area contributed by atoms with Gasteiger partial charge in [0.2, 0.25) is 11.8 Å². The number of benzene rings is 2. The molecule has 1 unspecified atom stereocenters. The van der Waals surface area contributed by atoms with Gasteiger partial charge in [-0.3, -0.25) is 29.4 Å². The van der Waals surface area contributed by atoms with E-state index in [9.17, 15) is 19.2 Å². The first-order chi connectivity index (χ1) is 16.5. The van der Waals surface area contributed by atoms with Crippen molar-refractivity contribution in [2.45, 2.75) is 44.4 Å². The first kappa shape index (κ1) is 22.1. The van der Waals surface area contributed by atoms with Gasteiger partial charge in [0.25, 0.3) is 11.8 Å². The van der Waals surface area contributed by atoms with Gasteiger partial charge in [-0.1, -0.05) is 6.07 Å². The van der Waals surface area contributed by atoms with Crippen LogP contribution in [0.25, 0.3) is 0 Å². The summed E-state index contributed by atoms with van der Waals surface area (Å²) < 4.78 is 6.03. The molecule has 0 aromatic heterocycles. The van der Waals surface area contributed by atoms with Crippen molar-refractivity contribution in [3.63, 3.8) is 0 Å². The fourth-order valence-corrected chi connectivity index (χ4v) is 4.59. The van der Waals surface area contributed by atoms with E-state index in [1.54, 1.807) is 18.2 Å². The van der Waals surface area contributed by atoms with Crippen LogP contribution in [0.15, 0.2) is 42.5 Å². The lowest BCUT2D eigenvalue weighted by Gasteiger charge is -2.27. The number of hydrogen-bond donors (Lipinski definition) is 3. The fraction of sp³-hybridized carbons (Fsp3) is 0.360. The maximum atomic E-state index is 13.0. The number of ether oxygens (including phenoxy) is 1. The van der Waals surface area contributed by atoms with Gasteiger partial charge in [-0.15, -0.1) is 0 Å². The zero-order valence-electron chi connectivity index (χ0n) is 18.6. The molecule has 3 aliphatic heterocycles. The predicted octanol–water partition coefficient (Wildman–Crippen LogP) is 1.83. The zero-order chi connectivity index (χ0) is 23.7. The van der Waals surface area contributed by atoms with Crippen LogP contribution in [0, 0.1) is 0 Å². The van der Waals surface area contributed by atoms with Crippen LogP contribution in [0.2, 0.25) is 0 Å². The molecule has 0 aliphatic carbocycles. The maximum Gasteiger partial charge on any atom is 0.262 e. The van der Waals surface area contributed by atoms with Crippen molar-refractivity contribution in [2.75, 3.05) is 18.4 Å². The summed E-state index contributed by atoms with van der Waals surface area (Å²) in [7, 11) is 0. The third kappa shape index (κ3) is 4.38. The Labute approximate surface area is 196 Å². The minimum absolute atomic E-state index is 0.0979. The summed E-state index contributed by atoms with van der Waals surface area (Å²) in [6.45, 7) is 2.41. The summed E-state index contributed by atoms with van der Waals surface area (Å²) in [6.07, 6.45) is 2.48. The largest absolute Gasteiger partial charge is 0.490 e. The first-order valence-electron chi connectivity index (χ1n) is 11.6. The molecule has 2 saturated heterocycles. The molecule has 9 heteroatoms. The lowest BCUT2D eigenvalue weighted by Crippen LogP contribution is -2.54. The monoisotopic (exact) mass is 462 g/mol.